The van der Waals surface area contributed by atoms with Gasteiger partial charge < -0.3 is 5.32 Å². The largest absolute Gasteiger partial charge is 0.367 e. The number of fused-ring (bicyclic) bond motifs is 1. The molecule has 19 heavy (non-hydrogen) atoms. The van der Waals surface area contributed by atoms with Gasteiger partial charge in [-0.15, -0.1) is 0 Å². The lowest BCUT2D eigenvalue weighted by atomic mass is 9.95. The predicted octanol–water partition coefficient (Wildman–Crippen LogP) is 2.75. The van der Waals surface area contributed by atoms with Gasteiger partial charge in [-0.1, -0.05) is 25.3 Å². The summed E-state index contributed by atoms with van der Waals surface area (Å²) in [5, 5.41) is 3.40. The van der Waals surface area contributed by atoms with Crippen LogP contribution in [0.3, 0.4) is 0 Å². The summed E-state index contributed by atoms with van der Waals surface area (Å²) in [5.41, 5.74) is 1.74. The molecule has 0 atom stereocenters. The Kier molecular flexibility index (Phi) is 3.23. The van der Waals surface area contributed by atoms with Gasteiger partial charge >= 0.3 is 0 Å². The van der Waals surface area contributed by atoms with Crippen molar-refractivity contribution in [1.82, 2.24) is 9.38 Å². The minimum atomic E-state index is -0.0213. The zero-order valence-corrected chi connectivity index (χ0v) is 11.2. The molecule has 1 N–H and O–H groups in total. The van der Waals surface area contributed by atoms with E-state index in [4.69, 9.17) is 0 Å². The van der Waals surface area contributed by atoms with Gasteiger partial charge in [-0.2, -0.15) is 0 Å². The van der Waals surface area contributed by atoms with Gasteiger partial charge in [-0.3, -0.25) is 9.20 Å². The van der Waals surface area contributed by atoms with Crippen LogP contribution in [0.5, 0.6) is 0 Å². The first-order valence-corrected chi connectivity index (χ1v) is 6.99. The van der Waals surface area contributed by atoms with Gasteiger partial charge in [0.05, 0.1) is 0 Å². The number of nitrogens with one attached hydrogen (secondary N) is 1. The van der Waals surface area contributed by atoms with Crippen molar-refractivity contribution < 1.29 is 0 Å². The predicted molar refractivity (Wildman–Crippen MR) is 76.7 cm³/mol. The fourth-order valence-electron chi connectivity index (χ4n) is 2.74. The van der Waals surface area contributed by atoms with Crippen LogP contribution in [-0.4, -0.2) is 15.4 Å². The first-order valence-electron chi connectivity index (χ1n) is 6.99. The van der Waals surface area contributed by atoms with Gasteiger partial charge in [0.2, 0.25) is 0 Å². The molecule has 4 nitrogen and oxygen atoms in total. The first-order chi connectivity index (χ1) is 9.22. The van der Waals surface area contributed by atoms with E-state index in [0.717, 1.165) is 5.56 Å². The van der Waals surface area contributed by atoms with Crippen LogP contribution in [0.15, 0.2) is 29.2 Å². The van der Waals surface area contributed by atoms with Crippen LogP contribution in [0, 0.1) is 6.92 Å². The van der Waals surface area contributed by atoms with Crippen molar-refractivity contribution in [2.24, 2.45) is 0 Å². The van der Waals surface area contributed by atoms with Crippen molar-refractivity contribution >= 4 is 11.5 Å². The summed E-state index contributed by atoms with van der Waals surface area (Å²) in [5.74, 6) is 0.709. The molecule has 0 spiro atoms. The third-order valence-electron chi connectivity index (χ3n) is 3.76. The highest BCUT2D eigenvalue weighted by atomic mass is 16.1. The molecule has 4 heteroatoms. The fourth-order valence-corrected chi connectivity index (χ4v) is 2.74. The van der Waals surface area contributed by atoms with Crippen LogP contribution >= 0.6 is 0 Å². The number of hydrogen-bond acceptors (Lipinski definition) is 3. The summed E-state index contributed by atoms with van der Waals surface area (Å²) >= 11 is 0. The van der Waals surface area contributed by atoms with Crippen molar-refractivity contribution in [3.8, 4) is 0 Å². The quantitative estimate of drug-likeness (QED) is 0.899. The molecule has 2 heterocycles. The minimum Gasteiger partial charge on any atom is -0.367 e. The number of nitrogens with zero attached hydrogens (tertiary/aromatic N) is 2. The standard InChI is InChI=1S/C15H19N3O/c1-11-7-8-14-17-13(9-15(19)18(14)10-11)16-12-5-3-2-4-6-12/h7-10,12,16H,2-6H2,1H3. The Morgan fingerprint density at radius 1 is 1.26 bits per heavy atom. The molecular formula is C15H19N3O. The number of aryl methyl sites for hydroxylation is 1. The molecular weight excluding hydrogens is 238 g/mol. The Morgan fingerprint density at radius 3 is 2.84 bits per heavy atom. The van der Waals surface area contributed by atoms with E-state index in [-0.39, 0.29) is 5.56 Å². The summed E-state index contributed by atoms with van der Waals surface area (Å²) < 4.78 is 1.60. The van der Waals surface area contributed by atoms with Gasteiger partial charge in [-0.25, -0.2) is 4.98 Å². The van der Waals surface area contributed by atoms with Gasteiger partial charge in [0, 0.05) is 18.3 Å². The maximum absolute atomic E-state index is 12.1. The molecule has 0 aromatic carbocycles. The van der Waals surface area contributed by atoms with E-state index >= 15 is 0 Å². The second kappa shape index (κ2) is 5.03. The third kappa shape index (κ3) is 2.62. The van der Waals surface area contributed by atoms with E-state index in [1.807, 2.05) is 25.3 Å². The van der Waals surface area contributed by atoms with Crippen LogP contribution in [0.1, 0.15) is 37.7 Å². The highest BCUT2D eigenvalue weighted by molar-refractivity contribution is 5.47. The number of rotatable bonds is 2. The fraction of sp³-hybridized carbons (Fsp3) is 0.467. The molecule has 0 saturated heterocycles. The highest BCUT2D eigenvalue weighted by Crippen LogP contribution is 2.20. The molecule has 2 aromatic rings. The molecule has 0 amide bonds. The molecule has 3 rings (SSSR count). The Balaban J connectivity index is 1.92. The summed E-state index contributed by atoms with van der Waals surface area (Å²) in [7, 11) is 0. The minimum absolute atomic E-state index is 0.0213. The van der Waals surface area contributed by atoms with Crippen molar-refractivity contribution in [1.29, 1.82) is 0 Å². The second-order valence-corrected chi connectivity index (χ2v) is 5.39. The highest BCUT2D eigenvalue weighted by Gasteiger charge is 2.14. The van der Waals surface area contributed by atoms with Crippen molar-refractivity contribution in [2.75, 3.05) is 5.32 Å². The Morgan fingerprint density at radius 2 is 2.05 bits per heavy atom. The monoisotopic (exact) mass is 257 g/mol. The van der Waals surface area contributed by atoms with Gasteiger partial charge in [0.25, 0.3) is 5.56 Å². The van der Waals surface area contributed by atoms with Crippen LogP contribution in [0.4, 0.5) is 5.82 Å². The number of aromatic nitrogens is 2. The lowest BCUT2D eigenvalue weighted by Gasteiger charge is -2.23. The maximum atomic E-state index is 12.1. The number of hydrogen-bond donors (Lipinski definition) is 1. The third-order valence-corrected chi connectivity index (χ3v) is 3.76. The van der Waals surface area contributed by atoms with Crippen LogP contribution in [-0.2, 0) is 0 Å². The summed E-state index contributed by atoms with van der Waals surface area (Å²) in [4.78, 5) is 16.6. The van der Waals surface area contributed by atoms with Crippen LogP contribution in [0.25, 0.3) is 5.65 Å². The lowest BCUT2D eigenvalue weighted by molar-refractivity contribution is 0.462. The van der Waals surface area contributed by atoms with E-state index in [9.17, 15) is 4.79 Å². The Hall–Kier alpha value is -1.84. The van der Waals surface area contributed by atoms with Crippen molar-refractivity contribution in [2.45, 2.75) is 45.1 Å². The molecule has 1 saturated carbocycles. The second-order valence-electron chi connectivity index (χ2n) is 5.39. The van der Waals surface area contributed by atoms with Gasteiger partial charge in [0.1, 0.15) is 11.5 Å². The topological polar surface area (TPSA) is 46.4 Å². The van der Waals surface area contributed by atoms with Crippen LogP contribution in [0.2, 0.25) is 0 Å². The smallest absolute Gasteiger partial charge is 0.259 e. The molecule has 2 aromatic heterocycles. The van der Waals surface area contributed by atoms with Crippen LogP contribution < -0.4 is 10.9 Å². The normalized spacial score (nSPS) is 16.7. The zero-order valence-electron chi connectivity index (χ0n) is 11.2. The Labute approximate surface area is 112 Å². The summed E-state index contributed by atoms with van der Waals surface area (Å²) in [6.07, 6.45) is 8.04. The molecule has 1 fully saturated rings. The maximum Gasteiger partial charge on any atom is 0.259 e. The average Bonchev–Trinajstić information content (AvgIpc) is 2.41. The SMILES string of the molecule is Cc1ccc2nc(NC3CCCCC3)cc(=O)n2c1. The van der Waals surface area contributed by atoms with E-state index in [0.29, 0.717) is 17.5 Å². The van der Waals surface area contributed by atoms with Gasteiger partial charge in [0.15, 0.2) is 0 Å². The zero-order chi connectivity index (χ0) is 13.2. The Bertz CT molecular complexity index is 641. The molecule has 0 radical (unpaired) electrons. The average molecular weight is 257 g/mol. The molecule has 1 aliphatic carbocycles. The van der Waals surface area contributed by atoms with E-state index < -0.39 is 0 Å². The number of pyridine rings is 1. The summed E-state index contributed by atoms with van der Waals surface area (Å²) in [6.45, 7) is 1.97. The van der Waals surface area contributed by atoms with E-state index in [1.54, 1.807) is 10.5 Å². The molecule has 0 aliphatic heterocycles. The summed E-state index contributed by atoms with van der Waals surface area (Å²) in [6, 6.07) is 5.93. The molecule has 100 valence electrons. The van der Waals surface area contributed by atoms with E-state index in [2.05, 4.69) is 10.3 Å². The van der Waals surface area contributed by atoms with Crippen molar-refractivity contribution in [3.63, 3.8) is 0 Å². The lowest BCUT2D eigenvalue weighted by Crippen LogP contribution is -2.25. The molecule has 0 unspecified atom stereocenters. The van der Waals surface area contributed by atoms with Gasteiger partial charge in [-0.05, 0) is 31.4 Å². The van der Waals surface area contributed by atoms with E-state index in [1.165, 1.54) is 32.1 Å². The first kappa shape index (κ1) is 12.2. The molecule has 1 aliphatic rings. The number of anilines is 1. The van der Waals surface area contributed by atoms with Crippen molar-refractivity contribution in [3.05, 3.63) is 40.3 Å². The molecule has 0 bridgehead atoms.